The van der Waals surface area contributed by atoms with Crippen molar-refractivity contribution >= 4 is 39.2 Å². The fourth-order valence-electron chi connectivity index (χ4n) is 6.84. The monoisotopic (exact) mass is 1040 g/mol. The summed E-state index contributed by atoms with van der Waals surface area (Å²) in [7, 11) is -11.0. The zero-order valence-electron chi connectivity index (χ0n) is 41.5. The maximum Gasteiger partial charge on any atom is 0.481 e. The number of nitrogens with two attached hydrogens (primary N) is 1. The molecule has 0 spiro atoms. The van der Waals surface area contributed by atoms with Crippen molar-refractivity contribution in [3.8, 4) is 0 Å². The number of aliphatic hydroxyl groups excluding tert-OH is 2. The minimum Gasteiger partial charge on any atom is -0.462 e. The largest absolute Gasteiger partial charge is 0.481 e. The highest BCUT2D eigenvalue weighted by Crippen LogP contribution is 2.60. The Labute approximate surface area is 419 Å². The first-order valence-corrected chi connectivity index (χ1v) is 27.9. The maximum absolute atomic E-state index is 12.8. The molecule has 19 nitrogen and oxygen atoms in total. The number of ether oxygens (including phenoxy) is 3. The van der Waals surface area contributed by atoms with E-state index in [2.05, 4.69) is 65.7 Å². The Morgan fingerprint density at radius 1 is 0.718 bits per heavy atom. The van der Waals surface area contributed by atoms with Gasteiger partial charge in [0.25, 0.3) is 0 Å². The van der Waals surface area contributed by atoms with E-state index in [4.69, 9.17) is 29.0 Å². The molecule has 2 rings (SSSR count). The Morgan fingerprint density at radius 2 is 1.30 bits per heavy atom. The number of hydrogen-bond acceptors (Lipinski definition) is 16. The molecule has 0 amide bonds. The first-order chi connectivity index (χ1) is 34.1. The molecule has 71 heavy (non-hydrogen) atoms. The molecule has 2 unspecified atom stereocenters. The molecular formula is C50H79N3O16P2. The molecule has 0 bridgehead atoms. The zero-order chi connectivity index (χ0) is 52.2. The predicted molar refractivity (Wildman–Crippen MR) is 270 cm³/mol. The summed E-state index contributed by atoms with van der Waals surface area (Å²) in [6.07, 6.45) is 34.2. The minimum absolute atomic E-state index is 0.0124. The van der Waals surface area contributed by atoms with Crippen LogP contribution in [0.5, 0.6) is 0 Å². The summed E-state index contributed by atoms with van der Waals surface area (Å²) >= 11 is 0. The number of rotatable bonds is 40. The van der Waals surface area contributed by atoms with Crippen molar-refractivity contribution in [1.29, 1.82) is 0 Å². The van der Waals surface area contributed by atoms with Gasteiger partial charge in [0.1, 0.15) is 30.7 Å². The second-order valence-electron chi connectivity index (χ2n) is 17.0. The molecule has 0 aromatic carbocycles. The Hall–Kier alpha value is -4.13. The molecule has 21 heteroatoms. The predicted octanol–water partition coefficient (Wildman–Crippen LogP) is 9.29. The zero-order valence-corrected chi connectivity index (χ0v) is 43.3. The second kappa shape index (κ2) is 37.6. The van der Waals surface area contributed by atoms with E-state index in [1.807, 2.05) is 12.2 Å². The first kappa shape index (κ1) is 63.0. The van der Waals surface area contributed by atoms with Crippen LogP contribution in [0.4, 0.5) is 5.82 Å². The van der Waals surface area contributed by atoms with Crippen molar-refractivity contribution in [2.75, 3.05) is 25.6 Å². The van der Waals surface area contributed by atoms with Gasteiger partial charge in [-0.3, -0.25) is 28.0 Å². The molecule has 1 aromatic rings. The molecule has 1 aliphatic rings. The molecule has 1 fully saturated rings. The van der Waals surface area contributed by atoms with Crippen LogP contribution in [0.1, 0.15) is 155 Å². The molecule has 400 valence electrons. The van der Waals surface area contributed by atoms with E-state index in [1.54, 1.807) is 12.2 Å². The van der Waals surface area contributed by atoms with Gasteiger partial charge in [-0.2, -0.15) is 9.29 Å². The Kier molecular flexibility index (Phi) is 33.3. The average Bonchev–Trinajstić information content (AvgIpc) is 3.60. The second-order valence-corrected chi connectivity index (χ2v) is 20.1. The van der Waals surface area contributed by atoms with Crippen molar-refractivity contribution in [3.63, 3.8) is 0 Å². The maximum atomic E-state index is 12.8. The number of anilines is 1. The molecule has 0 saturated carbocycles. The summed E-state index contributed by atoms with van der Waals surface area (Å²) in [5.41, 5.74) is 4.56. The summed E-state index contributed by atoms with van der Waals surface area (Å²) in [6.45, 7) is 1.84. The number of allylic oxidation sites excluding steroid dienone is 12. The van der Waals surface area contributed by atoms with Crippen LogP contribution in [0.3, 0.4) is 0 Å². The summed E-state index contributed by atoms with van der Waals surface area (Å²) in [4.78, 5) is 74.2. The van der Waals surface area contributed by atoms with Gasteiger partial charge in [0.2, 0.25) is 0 Å². The van der Waals surface area contributed by atoms with Crippen LogP contribution in [-0.2, 0) is 51.1 Å². The summed E-state index contributed by atoms with van der Waals surface area (Å²) in [5, 5.41) is 20.9. The van der Waals surface area contributed by atoms with E-state index in [-0.39, 0.29) is 37.3 Å². The molecule has 0 radical (unpaired) electrons. The third-order valence-electron chi connectivity index (χ3n) is 10.8. The van der Waals surface area contributed by atoms with Crippen molar-refractivity contribution in [2.45, 2.75) is 179 Å². The third kappa shape index (κ3) is 30.5. The van der Waals surface area contributed by atoms with Gasteiger partial charge in [0.05, 0.1) is 13.2 Å². The topological polar surface area (TPSA) is 283 Å². The first-order valence-electron chi connectivity index (χ1n) is 24.9. The minimum atomic E-state index is -5.49. The van der Waals surface area contributed by atoms with Crippen LogP contribution in [-0.4, -0.2) is 91.5 Å². The van der Waals surface area contributed by atoms with Gasteiger partial charge in [0.15, 0.2) is 18.1 Å². The third-order valence-corrected chi connectivity index (χ3v) is 13.4. The molecule has 7 atom stereocenters. The van der Waals surface area contributed by atoms with Gasteiger partial charge in [-0.25, -0.2) is 13.9 Å². The van der Waals surface area contributed by atoms with Crippen molar-refractivity contribution in [1.82, 2.24) is 9.55 Å². The van der Waals surface area contributed by atoms with Gasteiger partial charge in [-0.05, 0) is 76.4 Å². The summed E-state index contributed by atoms with van der Waals surface area (Å²) < 4.78 is 56.4. The number of nitrogen functional groups attached to an aromatic ring is 1. The number of carbonyl (C=O) groups excluding carboxylic acids is 3. The Morgan fingerprint density at radius 3 is 2.00 bits per heavy atom. The van der Waals surface area contributed by atoms with Crippen LogP contribution < -0.4 is 11.4 Å². The van der Waals surface area contributed by atoms with Crippen molar-refractivity contribution < 1.29 is 71.1 Å². The average molecular weight is 1040 g/mol. The number of carbonyl (C=O) groups is 3. The molecule has 6 N–H and O–H groups in total. The van der Waals surface area contributed by atoms with E-state index in [9.17, 15) is 48.3 Å². The molecule has 1 aliphatic heterocycles. The standard InChI is InChI=1S/C50H79N3O16P2/c1-3-5-7-9-11-13-15-17-18-20-22-24-26-28-30-34-45(55)64-38-42(67-46(56)35-31-33-41(54)32-29-27-25-23-21-19-16-14-12-10-8-6-4-2)39-65-70(60,61)69-71(62,63)66-40-43-47(57)48(58)49(68-43)53-37-36-44(51)52-50(53)59/h12-15,17-19,21,25,27,29,32,36-37,42-43,47-49,57-58H,3-11,16,20,22-24,26,28,30-31,33-35,38-40H2,1-2H3,(H,60,61)(H,62,63)(H2,51,52,59)/b14-12-,15-13-,18-17-,21-19-,27-25-,32-29+/t42-,43-,47-,48-,49-/m1/s1. The van der Waals surface area contributed by atoms with Crippen LogP contribution in [0, 0.1) is 0 Å². The highest BCUT2D eigenvalue weighted by molar-refractivity contribution is 7.61. The number of hydrogen-bond donors (Lipinski definition) is 5. The van der Waals surface area contributed by atoms with Gasteiger partial charge >= 0.3 is 33.3 Å². The number of phosphoric ester groups is 2. The lowest BCUT2D eigenvalue weighted by molar-refractivity contribution is -0.161. The van der Waals surface area contributed by atoms with Crippen LogP contribution in [0.15, 0.2) is 90.0 Å². The van der Waals surface area contributed by atoms with Gasteiger partial charge in [-0.15, -0.1) is 0 Å². The number of unbranched alkanes of at least 4 members (excludes halogenated alkanes) is 12. The lowest BCUT2D eigenvalue weighted by Gasteiger charge is -2.21. The SMILES string of the molecule is CCCCC/C=C\C/C=C\C/C=C\C=C\C(=O)CCCC(=O)O[C@H](COC(=O)CCCCCCC/C=C\C=C/CCCCCC)COP(=O)(O)OP(=O)(O)OC[C@H]1O[C@@H](n2ccc(N)nc2=O)[C@H](O)[C@@H]1O. The number of phosphoric acid groups is 2. The number of aromatic nitrogens is 2. The highest BCUT2D eigenvalue weighted by atomic mass is 31.3. The van der Waals surface area contributed by atoms with Crippen LogP contribution in [0.25, 0.3) is 0 Å². The number of nitrogens with zero attached hydrogens (tertiary/aromatic N) is 2. The van der Waals surface area contributed by atoms with E-state index >= 15 is 0 Å². The van der Waals surface area contributed by atoms with E-state index in [0.29, 0.717) is 12.8 Å². The molecule has 2 heterocycles. The van der Waals surface area contributed by atoms with E-state index in [1.165, 1.54) is 57.1 Å². The van der Waals surface area contributed by atoms with E-state index < -0.39 is 83.7 Å². The Bertz CT molecular complexity index is 2040. The number of esters is 2. The number of ketones is 1. The lowest BCUT2D eigenvalue weighted by atomic mass is 10.1. The molecule has 0 aliphatic carbocycles. The summed E-state index contributed by atoms with van der Waals surface area (Å²) in [6, 6.07) is 1.23. The molecular weight excluding hydrogens is 961 g/mol. The fourth-order valence-corrected chi connectivity index (χ4v) is 8.95. The van der Waals surface area contributed by atoms with Crippen molar-refractivity contribution in [2.24, 2.45) is 0 Å². The van der Waals surface area contributed by atoms with Gasteiger partial charge < -0.3 is 39.9 Å². The summed E-state index contributed by atoms with van der Waals surface area (Å²) in [5.74, 6) is -1.82. The fraction of sp³-hybridized carbons (Fsp3) is 0.620. The smallest absolute Gasteiger partial charge is 0.462 e. The molecule has 1 saturated heterocycles. The van der Waals surface area contributed by atoms with Crippen LogP contribution >= 0.6 is 15.6 Å². The van der Waals surface area contributed by atoms with Crippen LogP contribution in [0.2, 0.25) is 0 Å². The van der Waals surface area contributed by atoms with Gasteiger partial charge in [0, 0.05) is 25.5 Å². The van der Waals surface area contributed by atoms with E-state index in [0.717, 1.165) is 62.1 Å². The normalized spacial score (nSPS) is 19.7. The number of aliphatic hydroxyl groups is 2. The highest BCUT2D eigenvalue weighted by Gasteiger charge is 2.46. The van der Waals surface area contributed by atoms with Crippen molar-refractivity contribution in [3.05, 3.63) is 95.7 Å². The quantitative estimate of drug-likeness (QED) is 0.0102. The van der Waals surface area contributed by atoms with Gasteiger partial charge in [-0.1, -0.05) is 132 Å². The molecule has 1 aromatic heterocycles. The Balaban J connectivity index is 1.88. The lowest BCUT2D eigenvalue weighted by Crippen LogP contribution is -2.36.